The third-order valence-corrected chi connectivity index (χ3v) is 4.67. The number of carbonyl (C=O) groups is 2. The molecule has 0 aromatic rings. The van der Waals surface area contributed by atoms with E-state index in [1.807, 2.05) is 11.8 Å². The highest BCUT2D eigenvalue weighted by molar-refractivity contribution is 5.75. The molecule has 2 rings (SSSR count). The summed E-state index contributed by atoms with van der Waals surface area (Å²) >= 11 is 0. The largest absolute Gasteiger partial charge is 0.481 e. The number of hydrogen-bond donors (Lipinski definition) is 2. The number of carboxylic acids is 1. The van der Waals surface area contributed by atoms with Gasteiger partial charge in [-0.2, -0.15) is 0 Å². The van der Waals surface area contributed by atoms with Crippen molar-refractivity contribution in [3.63, 3.8) is 0 Å². The molecule has 0 radical (unpaired) electrons. The fraction of sp³-hybridized carbons (Fsp3) is 0.867. The number of aliphatic carboxylic acids is 1. The van der Waals surface area contributed by atoms with Crippen LogP contribution in [0.2, 0.25) is 0 Å². The maximum absolute atomic E-state index is 12.4. The predicted octanol–water partition coefficient (Wildman–Crippen LogP) is 2.60. The average molecular weight is 282 g/mol. The number of amides is 2. The van der Waals surface area contributed by atoms with E-state index in [4.69, 9.17) is 5.11 Å². The molecule has 20 heavy (non-hydrogen) atoms. The van der Waals surface area contributed by atoms with Gasteiger partial charge in [0, 0.05) is 25.0 Å². The van der Waals surface area contributed by atoms with Gasteiger partial charge in [0.1, 0.15) is 0 Å². The fourth-order valence-corrected chi connectivity index (χ4v) is 3.58. The molecular formula is C15H26N2O3. The van der Waals surface area contributed by atoms with Gasteiger partial charge >= 0.3 is 12.0 Å². The zero-order valence-electron chi connectivity index (χ0n) is 12.3. The monoisotopic (exact) mass is 282 g/mol. The molecule has 2 N–H and O–H groups in total. The zero-order chi connectivity index (χ0) is 14.5. The van der Waals surface area contributed by atoms with E-state index in [1.54, 1.807) is 0 Å². The Labute approximate surface area is 120 Å². The van der Waals surface area contributed by atoms with Crippen LogP contribution < -0.4 is 5.32 Å². The Bertz CT molecular complexity index is 357. The Kier molecular flexibility index (Phi) is 5.26. The van der Waals surface area contributed by atoms with Crippen LogP contribution in [0.3, 0.4) is 0 Å². The van der Waals surface area contributed by atoms with Crippen LogP contribution in [0.25, 0.3) is 0 Å². The first kappa shape index (κ1) is 15.1. The number of urea groups is 1. The van der Waals surface area contributed by atoms with Crippen LogP contribution in [0.4, 0.5) is 4.79 Å². The average Bonchev–Trinajstić information content (AvgIpc) is 2.44. The first-order valence-corrected chi connectivity index (χ1v) is 7.87. The lowest BCUT2D eigenvalue weighted by Crippen LogP contribution is -2.54. The van der Waals surface area contributed by atoms with Crippen molar-refractivity contribution in [2.75, 3.05) is 6.54 Å². The second-order valence-electron chi connectivity index (χ2n) is 6.23. The molecule has 1 unspecified atom stereocenters. The molecule has 0 aromatic heterocycles. The summed E-state index contributed by atoms with van der Waals surface area (Å²) < 4.78 is 0. The molecule has 1 heterocycles. The molecule has 0 bridgehead atoms. The number of hydrogen-bond acceptors (Lipinski definition) is 2. The van der Waals surface area contributed by atoms with Crippen molar-refractivity contribution < 1.29 is 14.7 Å². The van der Waals surface area contributed by atoms with Crippen LogP contribution in [0.15, 0.2) is 0 Å². The topological polar surface area (TPSA) is 69.6 Å². The molecule has 1 aliphatic carbocycles. The van der Waals surface area contributed by atoms with E-state index in [-0.39, 0.29) is 18.5 Å². The number of piperidine rings is 1. The first-order chi connectivity index (χ1) is 9.58. The molecule has 114 valence electrons. The second-order valence-corrected chi connectivity index (χ2v) is 6.23. The number of carboxylic acid groups (broad SMARTS) is 1. The molecule has 3 atom stereocenters. The molecule has 0 spiro atoms. The maximum Gasteiger partial charge on any atom is 0.317 e. The van der Waals surface area contributed by atoms with Crippen molar-refractivity contribution in [2.24, 2.45) is 5.92 Å². The lowest BCUT2D eigenvalue weighted by atomic mass is 9.78. The van der Waals surface area contributed by atoms with Crippen LogP contribution in [0.1, 0.15) is 58.3 Å². The van der Waals surface area contributed by atoms with Crippen LogP contribution >= 0.6 is 0 Å². The van der Waals surface area contributed by atoms with Crippen molar-refractivity contribution in [2.45, 2.75) is 70.4 Å². The maximum atomic E-state index is 12.4. The molecule has 5 heteroatoms. The normalized spacial score (nSPS) is 27.6. The van der Waals surface area contributed by atoms with E-state index in [1.165, 1.54) is 25.7 Å². The number of carbonyl (C=O) groups excluding carboxylic acids is 1. The SMILES string of the molecule is CC(CCC(=O)O)NC(=O)N1CCC[C@H]2CCCC[C@H]21. The van der Waals surface area contributed by atoms with Gasteiger partial charge in [0.25, 0.3) is 0 Å². The van der Waals surface area contributed by atoms with E-state index in [2.05, 4.69) is 5.32 Å². The van der Waals surface area contributed by atoms with Gasteiger partial charge in [0.15, 0.2) is 0 Å². The number of likely N-dealkylation sites (tertiary alicyclic amines) is 1. The lowest BCUT2D eigenvalue weighted by Gasteiger charge is -2.44. The summed E-state index contributed by atoms with van der Waals surface area (Å²) in [5, 5.41) is 11.6. The van der Waals surface area contributed by atoms with Gasteiger partial charge in [-0.15, -0.1) is 0 Å². The number of rotatable bonds is 4. The summed E-state index contributed by atoms with van der Waals surface area (Å²) in [5.41, 5.74) is 0. The summed E-state index contributed by atoms with van der Waals surface area (Å²) in [6, 6.07) is 0.325. The van der Waals surface area contributed by atoms with Crippen molar-refractivity contribution in [3.05, 3.63) is 0 Å². The van der Waals surface area contributed by atoms with Gasteiger partial charge in [0.05, 0.1) is 0 Å². The number of nitrogens with one attached hydrogen (secondary N) is 1. The summed E-state index contributed by atoms with van der Waals surface area (Å²) in [6.07, 6.45) is 7.84. The van der Waals surface area contributed by atoms with Gasteiger partial charge in [0.2, 0.25) is 0 Å². The Balaban J connectivity index is 1.85. The van der Waals surface area contributed by atoms with Crippen LogP contribution in [-0.2, 0) is 4.79 Å². The minimum Gasteiger partial charge on any atom is -0.481 e. The molecule has 1 saturated heterocycles. The minimum absolute atomic E-state index is 0.000473. The molecule has 2 amide bonds. The van der Waals surface area contributed by atoms with Gasteiger partial charge in [-0.25, -0.2) is 4.79 Å². The Morgan fingerprint density at radius 1 is 1.25 bits per heavy atom. The van der Waals surface area contributed by atoms with Crippen LogP contribution in [0, 0.1) is 5.92 Å². The highest BCUT2D eigenvalue weighted by atomic mass is 16.4. The smallest absolute Gasteiger partial charge is 0.317 e. The molecule has 0 aromatic carbocycles. The highest BCUT2D eigenvalue weighted by Crippen LogP contribution is 2.35. The first-order valence-electron chi connectivity index (χ1n) is 7.87. The van der Waals surface area contributed by atoms with E-state index in [9.17, 15) is 9.59 Å². The summed E-state index contributed by atoms with van der Waals surface area (Å²) in [6.45, 7) is 2.72. The van der Waals surface area contributed by atoms with Crippen molar-refractivity contribution >= 4 is 12.0 Å². The van der Waals surface area contributed by atoms with Crippen molar-refractivity contribution in [1.82, 2.24) is 10.2 Å². The van der Waals surface area contributed by atoms with Gasteiger partial charge in [-0.05, 0) is 44.9 Å². The highest BCUT2D eigenvalue weighted by Gasteiger charge is 2.35. The number of fused-ring (bicyclic) bond motifs is 1. The molecular weight excluding hydrogens is 256 g/mol. The fourth-order valence-electron chi connectivity index (χ4n) is 3.58. The second kappa shape index (κ2) is 6.95. The lowest BCUT2D eigenvalue weighted by molar-refractivity contribution is -0.137. The van der Waals surface area contributed by atoms with Crippen molar-refractivity contribution in [1.29, 1.82) is 0 Å². The van der Waals surface area contributed by atoms with E-state index < -0.39 is 5.97 Å². The van der Waals surface area contributed by atoms with Crippen molar-refractivity contribution in [3.8, 4) is 0 Å². The Morgan fingerprint density at radius 2 is 1.95 bits per heavy atom. The van der Waals surface area contributed by atoms with E-state index in [0.29, 0.717) is 18.4 Å². The third kappa shape index (κ3) is 3.87. The summed E-state index contributed by atoms with van der Waals surface area (Å²) in [4.78, 5) is 24.9. The quantitative estimate of drug-likeness (QED) is 0.832. The number of nitrogens with zero attached hydrogens (tertiary/aromatic N) is 1. The Morgan fingerprint density at radius 3 is 2.70 bits per heavy atom. The molecule has 5 nitrogen and oxygen atoms in total. The standard InChI is InChI=1S/C15H26N2O3/c1-11(8-9-14(18)19)16-15(20)17-10-4-6-12-5-2-3-7-13(12)17/h11-13H,2-10H2,1H3,(H,16,20)(H,18,19)/t11?,12-,13-/m1/s1. The van der Waals surface area contributed by atoms with Crippen LogP contribution in [0.5, 0.6) is 0 Å². The van der Waals surface area contributed by atoms with Gasteiger partial charge < -0.3 is 15.3 Å². The van der Waals surface area contributed by atoms with Gasteiger partial charge in [-0.3, -0.25) is 4.79 Å². The minimum atomic E-state index is -0.809. The zero-order valence-corrected chi connectivity index (χ0v) is 12.3. The Hall–Kier alpha value is -1.26. The molecule has 1 saturated carbocycles. The molecule has 1 aliphatic heterocycles. The summed E-state index contributed by atoms with van der Waals surface area (Å²) in [7, 11) is 0. The summed E-state index contributed by atoms with van der Waals surface area (Å²) in [5.74, 6) is -0.131. The predicted molar refractivity (Wildman–Crippen MR) is 76.5 cm³/mol. The molecule has 2 fully saturated rings. The van der Waals surface area contributed by atoms with Crippen LogP contribution in [-0.4, -0.2) is 40.6 Å². The van der Waals surface area contributed by atoms with E-state index in [0.717, 1.165) is 19.4 Å². The molecule has 2 aliphatic rings. The van der Waals surface area contributed by atoms with Gasteiger partial charge in [-0.1, -0.05) is 12.8 Å². The third-order valence-electron chi connectivity index (χ3n) is 4.67. The van der Waals surface area contributed by atoms with E-state index >= 15 is 0 Å².